The predicted octanol–water partition coefficient (Wildman–Crippen LogP) is 4.31. The molecule has 0 radical (unpaired) electrons. The standard InChI is InChI=1S/C20H15N3O/c1-3-7-15(8-4-1)18(16-9-5-2-6-10-16)20-22-19(23-24-20)17-11-13-21-14-12-17/h1-14,18H. The topological polar surface area (TPSA) is 51.8 Å². The molecule has 4 aromatic rings. The van der Waals surface area contributed by atoms with Gasteiger partial charge in [-0.05, 0) is 23.3 Å². The van der Waals surface area contributed by atoms with Crippen molar-refractivity contribution in [1.29, 1.82) is 0 Å². The molecule has 116 valence electrons. The van der Waals surface area contributed by atoms with Gasteiger partial charge in [0.1, 0.15) is 0 Å². The highest BCUT2D eigenvalue weighted by atomic mass is 16.5. The van der Waals surface area contributed by atoms with E-state index in [0.717, 1.165) is 16.7 Å². The van der Waals surface area contributed by atoms with Crippen molar-refractivity contribution >= 4 is 0 Å². The van der Waals surface area contributed by atoms with Gasteiger partial charge in [0.15, 0.2) is 0 Å². The Morgan fingerprint density at radius 2 is 1.29 bits per heavy atom. The van der Waals surface area contributed by atoms with Crippen LogP contribution in [0.15, 0.2) is 89.7 Å². The monoisotopic (exact) mass is 313 g/mol. The van der Waals surface area contributed by atoms with Crippen molar-refractivity contribution in [2.75, 3.05) is 0 Å². The molecule has 2 aromatic carbocycles. The SMILES string of the molecule is c1ccc(C(c2ccccc2)c2nc(-c3ccncc3)no2)cc1. The average Bonchev–Trinajstić information content (AvgIpc) is 3.14. The summed E-state index contributed by atoms with van der Waals surface area (Å²) in [7, 11) is 0. The molecule has 0 saturated carbocycles. The highest BCUT2D eigenvalue weighted by Crippen LogP contribution is 2.31. The fraction of sp³-hybridized carbons (Fsp3) is 0.0500. The first kappa shape index (κ1) is 14.3. The molecule has 24 heavy (non-hydrogen) atoms. The summed E-state index contributed by atoms with van der Waals surface area (Å²) in [4.78, 5) is 8.65. The third kappa shape index (κ3) is 2.82. The van der Waals surface area contributed by atoms with Crippen LogP contribution < -0.4 is 0 Å². The van der Waals surface area contributed by atoms with Crippen LogP contribution in [0.25, 0.3) is 11.4 Å². The predicted molar refractivity (Wildman–Crippen MR) is 91.4 cm³/mol. The molecule has 4 nitrogen and oxygen atoms in total. The maximum absolute atomic E-state index is 5.61. The van der Waals surface area contributed by atoms with Gasteiger partial charge in [0.05, 0.1) is 5.92 Å². The minimum Gasteiger partial charge on any atom is -0.338 e. The summed E-state index contributed by atoms with van der Waals surface area (Å²) in [5.41, 5.74) is 3.13. The number of pyridine rings is 1. The summed E-state index contributed by atoms with van der Waals surface area (Å²) in [6.45, 7) is 0. The number of aromatic nitrogens is 3. The summed E-state index contributed by atoms with van der Waals surface area (Å²) >= 11 is 0. The van der Waals surface area contributed by atoms with Crippen LogP contribution in [0.2, 0.25) is 0 Å². The van der Waals surface area contributed by atoms with E-state index in [1.54, 1.807) is 12.4 Å². The third-order valence-electron chi connectivity index (χ3n) is 3.89. The molecule has 4 heteroatoms. The zero-order valence-corrected chi connectivity index (χ0v) is 12.9. The van der Waals surface area contributed by atoms with Crippen molar-refractivity contribution in [2.24, 2.45) is 0 Å². The van der Waals surface area contributed by atoms with Gasteiger partial charge in [0, 0.05) is 18.0 Å². The summed E-state index contributed by atoms with van der Waals surface area (Å²) in [6.07, 6.45) is 3.44. The van der Waals surface area contributed by atoms with E-state index in [9.17, 15) is 0 Å². The molecule has 2 aromatic heterocycles. The Balaban J connectivity index is 1.79. The molecule has 0 amide bonds. The fourth-order valence-electron chi connectivity index (χ4n) is 2.74. The lowest BCUT2D eigenvalue weighted by Crippen LogP contribution is -2.03. The van der Waals surface area contributed by atoms with E-state index in [4.69, 9.17) is 4.52 Å². The minimum atomic E-state index is -0.0875. The van der Waals surface area contributed by atoms with Crippen LogP contribution in [-0.2, 0) is 0 Å². The van der Waals surface area contributed by atoms with Gasteiger partial charge in [-0.15, -0.1) is 0 Å². The molecule has 0 aliphatic rings. The third-order valence-corrected chi connectivity index (χ3v) is 3.89. The van der Waals surface area contributed by atoms with E-state index in [2.05, 4.69) is 39.4 Å². The summed E-state index contributed by atoms with van der Waals surface area (Å²) in [5, 5.41) is 4.14. The molecule has 0 aliphatic heterocycles. The van der Waals surface area contributed by atoms with E-state index >= 15 is 0 Å². The Kier molecular flexibility index (Phi) is 3.86. The number of rotatable bonds is 4. The smallest absolute Gasteiger partial charge is 0.238 e. The second kappa shape index (κ2) is 6.46. The quantitative estimate of drug-likeness (QED) is 0.563. The van der Waals surface area contributed by atoms with Crippen LogP contribution in [0.5, 0.6) is 0 Å². The van der Waals surface area contributed by atoms with Gasteiger partial charge in [-0.25, -0.2) is 0 Å². The maximum atomic E-state index is 5.61. The van der Waals surface area contributed by atoms with Crippen LogP contribution in [0.3, 0.4) is 0 Å². The van der Waals surface area contributed by atoms with Gasteiger partial charge < -0.3 is 4.52 Å². The van der Waals surface area contributed by atoms with Crippen molar-refractivity contribution < 1.29 is 4.52 Å². The van der Waals surface area contributed by atoms with Crippen molar-refractivity contribution in [1.82, 2.24) is 15.1 Å². The Morgan fingerprint density at radius 3 is 1.88 bits per heavy atom. The van der Waals surface area contributed by atoms with Crippen molar-refractivity contribution in [3.63, 3.8) is 0 Å². The molecular formula is C20H15N3O. The summed E-state index contributed by atoms with van der Waals surface area (Å²) in [6, 6.07) is 24.1. The van der Waals surface area contributed by atoms with Crippen molar-refractivity contribution in [3.8, 4) is 11.4 Å². The van der Waals surface area contributed by atoms with E-state index in [1.807, 2.05) is 48.5 Å². The largest absolute Gasteiger partial charge is 0.338 e. The molecule has 0 fully saturated rings. The second-order valence-corrected chi connectivity index (χ2v) is 5.45. The van der Waals surface area contributed by atoms with Crippen LogP contribution >= 0.6 is 0 Å². The van der Waals surface area contributed by atoms with Gasteiger partial charge >= 0.3 is 0 Å². The zero-order chi connectivity index (χ0) is 16.2. The minimum absolute atomic E-state index is 0.0875. The van der Waals surface area contributed by atoms with Crippen molar-refractivity contribution in [2.45, 2.75) is 5.92 Å². The molecular weight excluding hydrogens is 298 g/mol. The molecule has 0 bridgehead atoms. The van der Waals surface area contributed by atoms with Crippen molar-refractivity contribution in [3.05, 3.63) is 102 Å². The van der Waals surface area contributed by atoms with Crippen LogP contribution in [0.4, 0.5) is 0 Å². The van der Waals surface area contributed by atoms with E-state index in [1.165, 1.54) is 0 Å². The van der Waals surface area contributed by atoms with Gasteiger partial charge in [0.25, 0.3) is 0 Å². The van der Waals surface area contributed by atoms with Gasteiger partial charge in [0.2, 0.25) is 11.7 Å². The highest BCUT2D eigenvalue weighted by molar-refractivity contribution is 5.53. The number of hydrogen-bond acceptors (Lipinski definition) is 4. The Hall–Kier alpha value is -3.27. The number of hydrogen-bond donors (Lipinski definition) is 0. The summed E-state index contributed by atoms with van der Waals surface area (Å²) in [5.74, 6) is 1.07. The molecule has 4 rings (SSSR count). The fourth-order valence-corrected chi connectivity index (χ4v) is 2.74. The lowest BCUT2D eigenvalue weighted by atomic mass is 9.91. The average molecular weight is 313 g/mol. The van der Waals surface area contributed by atoms with E-state index < -0.39 is 0 Å². The molecule has 2 heterocycles. The van der Waals surface area contributed by atoms with Crippen LogP contribution in [0, 0.1) is 0 Å². The molecule has 0 atom stereocenters. The highest BCUT2D eigenvalue weighted by Gasteiger charge is 2.23. The number of nitrogens with zero attached hydrogens (tertiary/aromatic N) is 3. The van der Waals surface area contributed by atoms with E-state index in [0.29, 0.717) is 11.7 Å². The van der Waals surface area contributed by atoms with Gasteiger partial charge in [-0.2, -0.15) is 4.98 Å². The first-order chi connectivity index (χ1) is 11.9. The Labute approximate surface area is 139 Å². The lowest BCUT2D eigenvalue weighted by Gasteiger charge is -2.13. The molecule has 0 spiro atoms. The van der Waals surface area contributed by atoms with E-state index in [-0.39, 0.29) is 5.92 Å². The zero-order valence-electron chi connectivity index (χ0n) is 12.9. The first-order valence-corrected chi connectivity index (χ1v) is 7.76. The lowest BCUT2D eigenvalue weighted by molar-refractivity contribution is 0.375. The molecule has 0 unspecified atom stereocenters. The Morgan fingerprint density at radius 1 is 0.708 bits per heavy atom. The molecule has 0 saturated heterocycles. The summed E-state index contributed by atoms with van der Waals surface area (Å²) < 4.78 is 5.61. The maximum Gasteiger partial charge on any atom is 0.238 e. The Bertz CT molecular complexity index is 866. The molecule has 0 N–H and O–H groups in total. The first-order valence-electron chi connectivity index (χ1n) is 7.76. The number of benzene rings is 2. The molecule has 0 aliphatic carbocycles. The normalized spacial score (nSPS) is 10.9. The van der Waals surface area contributed by atoms with Crippen LogP contribution in [-0.4, -0.2) is 15.1 Å². The van der Waals surface area contributed by atoms with Gasteiger partial charge in [-0.1, -0.05) is 65.8 Å². The van der Waals surface area contributed by atoms with Gasteiger partial charge in [-0.3, -0.25) is 4.98 Å². The van der Waals surface area contributed by atoms with Crippen LogP contribution in [0.1, 0.15) is 22.9 Å². The second-order valence-electron chi connectivity index (χ2n) is 5.45.